The molecule has 7 heteroatoms. The monoisotopic (exact) mass is 287 g/mol. The normalized spacial score (nSPS) is 13.7. The lowest BCUT2D eigenvalue weighted by molar-refractivity contribution is 0.0686. The number of carboxylic acid groups (broad SMARTS) is 1. The highest BCUT2D eigenvalue weighted by atomic mass is 19.2. The molecule has 1 aromatic rings. The summed E-state index contributed by atoms with van der Waals surface area (Å²) in [5, 5.41) is 20.5. The predicted molar refractivity (Wildman–Crippen MR) is 66.6 cm³/mol. The highest BCUT2D eigenvalue weighted by Crippen LogP contribution is 2.17. The van der Waals surface area contributed by atoms with Crippen LogP contribution < -0.4 is 5.32 Å². The van der Waals surface area contributed by atoms with Gasteiger partial charge in [-0.1, -0.05) is 6.92 Å². The van der Waals surface area contributed by atoms with Crippen molar-refractivity contribution in [3.8, 4) is 0 Å². The van der Waals surface area contributed by atoms with E-state index in [4.69, 9.17) is 5.11 Å². The molecule has 0 aliphatic rings. The Morgan fingerprint density at radius 1 is 1.25 bits per heavy atom. The van der Waals surface area contributed by atoms with E-state index in [0.717, 1.165) is 0 Å². The molecule has 0 radical (unpaired) electrons. The number of aliphatic hydroxyl groups is 1. The van der Waals surface area contributed by atoms with E-state index >= 15 is 0 Å². The molecule has 3 N–H and O–H groups in total. The van der Waals surface area contributed by atoms with E-state index in [0.29, 0.717) is 18.6 Å². The molecule has 0 saturated carbocycles. The number of halogens is 2. The number of hydrogen-bond acceptors (Lipinski definition) is 3. The van der Waals surface area contributed by atoms with Gasteiger partial charge in [-0.2, -0.15) is 0 Å². The van der Waals surface area contributed by atoms with Crippen LogP contribution in [0.3, 0.4) is 0 Å². The molecule has 0 bridgehead atoms. The molecular weight excluding hydrogens is 272 g/mol. The second kappa shape index (κ2) is 5.96. The molecule has 1 unspecified atom stereocenters. The van der Waals surface area contributed by atoms with Gasteiger partial charge in [0.2, 0.25) is 0 Å². The van der Waals surface area contributed by atoms with E-state index in [2.05, 4.69) is 5.32 Å². The molecule has 5 nitrogen and oxygen atoms in total. The van der Waals surface area contributed by atoms with Crippen molar-refractivity contribution in [3.05, 3.63) is 34.9 Å². The minimum absolute atomic E-state index is 0.374. The Morgan fingerprint density at radius 3 is 2.15 bits per heavy atom. The molecule has 0 fully saturated rings. The molecule has 1 rings (SSSR count). The second-order valence-electron chi connectivity index (χ2n) is 4.64. The number of amides is 1. The average Bonchev–Trinajstić information content (AvgIpc) is 2.40. The molecule has 110 valence electrons. The van der Waals surface area contributed by atoms with E-state index in [1.165, 1.54) is 0 Å². The van der Waals surface area contributed by atoms with Crippen LogP contribution in [0.2, 0.25) is 0 Å². The zero-order valence-electron chi connectivity index (χ0n) is 11.0. The lowest BCUT2D eigenvalue weighted by Crippen LogP contribution is -2.48. The van der Waals surface area contributed by atoms with Gasteiger partial charge in [0.1, 0.15) is 0 Å². The van der Waals surface area contributed by atoms with Gasteiger partial charge >= 0.3 is 5.97 Å². The zero-order valence-corrected chi connectivity index (χ0v) is 11.0. The Kier molecular flexibility index (Phi) is 4.78. The van der Waals surface area contributed by atoms with Gasteiger partial charge in [-0.15, -0.1) is 0 Å². The fraction of sp³-hybridized carbons (Fsp3) is 0.385. The molecule has 0 aromatic heterocycles. The van der Waals surface area contributed by atoms with Gasteiger partial charge in [-0.3, -0.25) is 4.79 Å². The van der Waals surface area contributed by atoms with Crippen molar-refractivity contribution in [2.24, 2.45) is 0 Å². The van der Waals surface area contributed by atoms with Crippen LogP contribution in [0.5, 0.6) is 0 Å². The Balaban J connectivity index is 3.22. The molecule has 0 saturated heterocycles. The number of carbonyl (C=O) groups is 2. The summed E-state index contributed by atoms with van der Waals surface area (Å²) in [5.41, 5.74) is -2.11. The van der Waals surface area contributed by atoms with Gasteiger partial charge in [0, 0.05) is 0 Å². The third kappa shape index (κ3) is 3.30. The first-order chi connectivity index (χ1) is 9.24. The zero-order chi connectivity index (χ0) is 15.5. The van der Waals surface area contributed by atoms with Crippen molar-refractivity contribution in [1.29, 1.82) is 0 Å². The summed E-state index contributed by atoms with van der Waals surface area (Å²) in [7, 11) is 0. The van der Waals surface area contributed by atoms with E-state index < -0.39 is 40.2 Å². The number of nitrogens with one attached hydrogen (secondary N) is 1. The van der Waals surface area contributed by atoms with Crippen molar-refractivity contribution in [1.82, 2.24) is 5.32 Å². The summed E-state index contributed by atoms with van der Waals surface area (Å²) in [4.78, 5) is 23.0. The van der Waals surface area contributed by atoms with Crippen molar-refractivity contribution < 1.29 is 28.6 Å². The van der Waals surface area contributed by atoms with Crippen LogP contribution in [-0.2, 0) is 0 Å². The predicted octanol–water partition coefficient (Wildman–Crippen LogP) is 1.55. The highest BCUT2D eigenvalue weighted by molar-refractivity contribution is 6.05. The summed E-state index contributed by atoms with van der Waals surface area (Å²) in [6.45, 7) is 2.88. The maximum atomic E-state index is 13.2. The Labute approximate surface area is 114 Å². The average molecular weight is 287 g/mol. The molecule has 0 heterocycles. The fourth-order valence-corrected chi connectivity index (χ4v) is 1.49. The number of aliphatic hydroxyl groups excluding tert-OH is 1. The smallest absolute Gasteiger partial charge is 0.336 e. The maximum Gasteiger partial charge on any atom is 0.336 e. The standard InChI is InChI=1S/C13H15F2NO4/c1-3-13(2,6-17)16-11(18)7-4-9(14)10(15)5-8(7)12(19)20/h4-5,17H,3,6H2,1-2H3,(H,16,18)(H,19,20). The molecular formula is C13H15F2NO4. The quantitative estimate of drug-likeness (QED) is 0.767. The number of carbonyl (C=O) groups excluding carboxylic acids is 1. The van der Waals surface area contributed by atoms with Crippen LogP contribution in [0, 0.1) is 11.6 Å². The second-order valence-corrected chi connectivity index (χ2v) is 4.64. The fourth-order valence-electron chi connectivity index (χ4n) is 1.49. The number of benzene rings is 1. The Morgan fingerprint density at radius 2 is 1.75 bits per heavy atom. The number of carboxylic acids is 1. The molecule has 0 aliphatic carbocycles. The summed E-state index contributed by atoms with van der Waals surface area (Å²) in [6.07, 6.45) is 0.376. The summed E-state index contributed by atoms with van der Waals surface area (Å²) in [5.74, 6) is -5.10. The molecule has 20 heavy (non-hydrogen) atoms. The van der Waals surface area contributed by atoms with Crippen LogP contribution in [-0.4, -0.2) is 34.2 Å². The third-order valence-electron chi connectivity index (χ3n) is 3.08. The topological polar surface area (TPSA) is 86.6 Å². The van der Waals surface area contributed by atoms with E-state index in [1.807, 2.05) is 0 Å². The SMILES string of the molecule is CCC(C)(CO)NC(=O)c1cc(F)c(F)cc1C(=O)O. The van der Waals surface area contributed by atoms with Crippen LogP contribution >= 0.6 is 0 Å². The number of rotatable bonds is 5. The Hall–Kier alpha value is -2.02. The molecule has 1 amide bonds. The number of hydrogen-bond donors (Lipinski definition) is 3. The van der Waals surface area contributed by atoms with Crippen LogP contribution in [0.4, 0.5) is 8.78 Å². The van der Waals surface area contributed by atoms with Gasteiger partial charge in [0.05, 0.1) is 23.3 Å². The van der Waals surface area contributed by atoms with Crippen LogP contribution in [0.15, 0.2) is 12.1 Å². The maximum absolute atomic E-state index is 13.2. The molecule has 1 atom stereocenters. The minimum atomic E-state index is -1.55. The molecule has 1 aromatic carbocycles. The van der Waals surface area contributed by atoms with E-state index in [-0.39, 0.29) is 6.61 Å². The molecule has 0 spiro atoms. The van der Waals surface area contributed by atoms with Crippen LogP contribution in [0.25, 0.3) is 0 Å². The molecule has 0 aliphatic heterocycles. The first-order valence-electron chi connectivity index (χ1n) is 5.89. The van der Waals surface area contributed by atoms with E-state index in [1.54, 1.807) is 13.8 Å². The van der Waals surface area contributed by atoms with Gasteiger partial charge < -0.3 is 15.5 Å². The summed E-state index contributed by atoms with van der Waals surface area (Å²) < 4.78 is 26.2. The van der Waals surface area contributed by atoms with Gasteiger partial charge in [-0.05, 0) is 25.5 Å². The van der Waals surface area contributed by atoms with Gasteiger partial charge in [-0.25, -0.2) is 13.6 Å². The first-order valence-corrected chi connectivity index (χ1v) is 5.89. The summed E-state index contributed by atoms with van der Waals surface area (Å²) in [6, 6.07) is 0.983. The van der Waals surface area contributed by atoms with Crippen LogP contribution in [0.1, 0.15) is 41.0 Å². The first kappa shape index (κ1) is 16.0. The van der Waals surface area contributed by atoms with Crippen molar-refractivity contribution in [2.45, 2.75) is 25.8 Å². The highest BCUT2D eigenvalue weighted by Gasteiger charge is 2.27. The summed E-state index contributed by atoms with van der Waals surface area (Å²) >= 11 is 0. The van der Waals surface area contributed by atoms with E-state index in [9.17, 15) is 23.5 Å². The van der Waals surface area contributed by atoms with Crippen molar-refractivity contribution in [2.75, 3.05) is 6.61 Å². The third-order valence-corrected chi connectivity index (χ3v) is 3.08. The van der Waals surface area contributed by atoms with Crippen molar-refractivity contribution in [3.63, 3.8) is 0 Å². The number of aromatic carboxylic acids is 1. The Bertz CT molecular complexity index is 541. The van der Waals surface area contributed by atoms with Gasteiger partial charge in [0.15, 0.2) is 11.6 Å². The lowest BCUT2D eigenvalue weighted by atomic mass is 9.98. The van der Waals surface area contributed by atoms with Crippen molar-refractivity contribution >= 4 is 11.9 Å². The minimum Gasteiger partial charge on any atom is -0.478 e. The largest absolute Gasteiger partial charge is 0.478 e. The van der Waals surface area contributed by atoms with Gasteiger partial charge in [0.25, 0.3) is 5.91 Å². The lowest BCUT2D eigenvalue weighted by Gasteiger charge is -2.27.